The van der Waals surface area contributed by atoms with E-state index in [4.69, 9.17) is 5.73 Å². The van der Waals surface area contributed by atoms with Crippen LogP contribution in [0.3, 0.4) is 0 Å². The summed E-state index contributed by atoms with van der Waals surface area (Å²) in [4.78, 5) is 11.7. The van der Waals surface area contributed by atoms with Crippen molar-refractivity contribution >= 4 is 5.91 Å². The van der Waals surface area contributed by atoms with Crippen LogP contribution in [-0.2, 0) is 4.79 Å². The van der Waals surface area contributed by atoms with Gasteiger partial charge in [0.2, 0.25) is 5.91 Å². The minimum atomic E-state index is -0.0306. The molecular formula is C10H16N2O. The van der Waals surface area contributed by atoms with Crippen LogP contribution in [0.2, 0.25) is 0 Å². The molecule has 0 aromatic carbocycles. The van der Waals surface area contributed by atoms with Crippen molar-refractivity contribution in [1.82, 2.24) is 5.32 Å². The number of amides is 1. The zero-order valence-electron chi connectivity index (χ0n) is 8.02. The van der Waals surface area contributed by atoms with Gasteiger partial charge in [0.05, 0.1) is 0 Å². The van der Waals surface area contributed by atoms with E-state index in [1.165, 1.54) is 0 Å². The lowest BCUT2D eigenvalue weighted by Gasteiger charge is -2.69. The number of hydrogen-bond acceptors (Lipinski definition) is 2. The van der Waals surface area contributed by atoms with Crippen LogP contribution < -0.4 is 11.1 Å². The van der Waals surface area contributed by atoms with E-state index in [0.29, 0.717) is 0 Å². The summed E-state index contributed by atoms with van der Waals surface area (Å²) in [6.07, 6.45) is 5.12. The van der Waals surface area contributed by atoms with Crippen molar-refractivity contribution < 1.29 is 4.79 Å². The van der Waals surface area contributed by atoms with Crippen molar-refractivity contribution in [2.45, 2.75) is 50.1 Å². The van der Waals surface area contributed by atoms with Gasteiger partial charge in [0, 0.05) is 16.5 Å². The minimum absolute atomic E-state index is 0.0306. The van der Waals surface area contributed by atoms with Gasteiger partial charge in [-0.25, -0.2) is 0 Å². The van der Waals surface area contributed by atoms with Crippen molar-refractivity contribution in [3.8, 4) is 0 Å². The molecular weight excluding hydrogens is 164 g/mol. The summed E-state index contributed by atoms with van der Waals surface area (Å²) in [5.41, 5.74) is 6.11. The highest BCUT2D eigenvalue weighted by Gasteiger charge is 2.67. The molecule has 0 aromatic rings. The lowest BCUT2D eigenvalue weighted by Crippen LogP contribution is -2.82. The SMILES string of the molecule is CC1(C(=O)NC23CC(N)(C2)C3)CC1. The van der Waals surface area contributed by atoms with Gasteiger partial charge in [0.25, 0.3) is 0 Å². The molecule has 4 aliphatic rings. The van der Waals surface area contributed by atoms with E-state index in [1.54, 1.807) is 0 Å². The molecule has 0 saturated heterocycles. The number of nitrogens with two attached hydrogens (primary N) is 1. The van der Waals surface area contributed by atoms with Crippen molar-refractivity contribution in [2.75, 3.05) is 0 Å². The maximum atomic E-state index is 11.7. The number of carbonyl (C=O) groups excluding carboxylic acids is 1. The predicted molar refractivity (Wildman–Crippen MR) is 49.0 cm³/mol. The Balaban J connectivity index is 1.62. The Morgan fingerprint density at radius 1 is 1.31 bits per heavy atom. The highest BCUT2D eigenvalue weighted by molar-refractivity contribution is 5.86. The fourth-order valence-electron chi connectivity index (χ4n) is 2.81. The van der Waals surface area contributed by atoms with Crippen molar-refractivity contribution in [1.29, 1.82) is 0 Å². The van der Waals surface area contributed by atoms with Crippen molar-refractivity contribution in [3.05, 3.63) is 0 Å². The van der Waals surface area contributed by atoms with Crippen LogP contribution in [0.5, 0.6) is 0 Å². The topological polar surface area (TPSA) is 55.1 Å². The van der Waals surface area contributed by atoms with Crippen molar-refractivity contribution in [2.24, 2.45) is 11.1 Å². The first-order chi connectivity index (χ1) is 5.96. The number of rotatable bonds is 2. The van der Waals surface area contributed by atoms with Gasteiger partial charge in [0.15, 0.2) is 0 Å². The Labute approximate surface area is 78.1 Å². The van der Waals surface area contributed by atoms with Gasteiger partial charge in [-0.3, -0.25) is 4.79 Å². The molecule has 0 atom stereocenters. The Morgan fingerprint density at radius 2 is 1.85 bits per heavy atom. The van der Waals surface area contributed by atoms with Crippen LogP contribution in [0.25, 0.3) is 0 Å². The highest BCUT2D eigenvalue weighted by Crippen LogP contribution is 2.59. The van der Waals surface area contributed by atoms with E-state index in [2.05, 4.69) is 5.32 Å². The van der Waals surface area contributed by atoms with Gasteiger partial charge in [0.1, 0.15) is 0 Å². The molecule has 4 saturated carbocycles. The van der Waals surface area contributed by atoms with Crippen LogP contribution in [0.15, 0.2) is 0 Å². The Morgan fingerprint density at radius 3 is 2.23 bits per heavy atom. The summed E-state index contributed by atoms with van der Waals surface area (Å²) < 4.78 is 0. The summed E-state index contributed by atoms with van der Waals surface area (Å²) in [5.74, 6) is 0.259. The van der Waals surface area contributed by atoms with Gasteiger partial charge in [-0.15, -0.1) is 0 Å². The molecule has 3 N–H and O–H groups in total. The first-order valence-corrected chi connectivity index (χ1v) is 5.07. The molecule has 4 aliphatic carbocycles. The Kier molecular flexibility index (Phi) is 1.07. The molecule has 72 valence electrons. The summed E-state index contributed by atoms with van der Waals surface area (Å²) in [6.45, 7) is 2.05. The average Bonchev–Trinajstić information content (AvgIpc) is 2.63. The molecule has 0 aliphatic heterocycles. The Hall–Kier alpha value is -0.570. The molecule has 13 heavy (non-hydrogen) atoms. The standard InChI is InChI=1S/C10H16N2O/c1-8(2-3-8)7(13)12-10-4-9(11,5-10)6-10/h2-6,11H2,1H3,(H,12,13). The van der Waals surface area contributed by atoms with Gasteiger partial charge >= 0.3 is 0 Å². The maximum absolute atomic E-state index is 11.7. The Bertz CT molecular complexity index is 274. The van der Waals surface area contributed by atoms with Gasteiger partial charge in [-0.1, -0.05) is 6.92 Å². The lowest BCUT2D eigenvalue weighted by atomic mass is 9.44. The molecule has 0 aromatic heterocycles. The molecule has 3 nitrogen and oxygen atoms in total. The lowest BCUT2D eigenvalue weighted by molar-refractivity contribution is -0.140. The third kappa shape index (κ3) is 0.909. The predicted octanol–water partition coefficient (Wildman–Crippen LogP) is 0.536. The van der Waals surface area contributed by atoms with E-state index in [-0.39, 0.29) is 22.4 Å². The second-order valence-corrected chi connectivity index (χ2v) is 5.69. The zero-order valence-corrected chi connectivity index (χ0v) is 8.02. The quantitative estimate of drug-likeness (QED) is 0.651. The van der Waals surface area contributed by atoms with Crippen LogP contribution >= 0.6 is 0 Å². The fraction of sp³-hybridized carbons (Fsp3) is 0.900. The highest BCUT2D eigenvalue weighted by atomic mass is 16.2. The third-order valence-corrected chi connectivity index (χ3v) is 4.00. The molecule has 4 fully saturated rings. The second kappa shape index (κ2) is 1.78. The third-order valence-electron chi connectivity index (χ3n) is 4.00. The maximum Gasteiger partial charge on any atom is 0.226 e. The van der Waals surface area contributed by atoms with Crippen LogP contribution in [0.4, 0.5) is 0 Å². The van der Waals surface area contributed by atoms with E-state index < -0.39 is 0 Å². The van der Waals surface area contributed by atoms with E-state index in [1.807, 2.05) is 6.92 Å². The number of carbonyl (C=O) groups is 1. The first kappa shape index (κ1) is 7.80. The second-order valence-electron chi connectivity index (χ2n) is 5.69. The zero-order chi connectivity index (χ0) is 9.32. The van der Waals surface area contributed by atoms with Gasteiger partial charge in [-0.05, 0) is 32.1 Å². The van der Waals surface area contributed by atoms with Gasteiger partial charge < -0.3 is 11.1 Å². The molecule has 3 heteroatoms. The summed E-state index contributed by atoms with van der Waals surface area (Å²) in [6, 6.07) is 0. The van der Waals surface area contributed by atoms with Crippen LogP contribution in [0.1, 0.15) is 39.0 Å². The van der Waals surface area contributed by atoms with E-state index in [0.717, 1.165) is 32.1 Å². The molecule has 0 unspecified atom stereocenters. The number of nitrogens with one attached hydrogen (secondary N) is 1. The van der Waals surface area contributed by atoms with E-state index >= 15 is 0 Å². The normalized spacial score (nSPS) is 48.8. The summed E-state index contributed by atoms with van der Waals surface area (Å²) >= 11 is 0. The number of hydrogen-bond donors (Lipinski definition) is 2. The van der Waals surface area contributed by atoms with Crippen LogP contribution in [-0.4, -0.2) is 17.0 Å². The summed E-state index contributed by atoms with van der Waals surface area (Å²) in [7, 11) is 0. The molecule has 2 bridgehead atoms. The molecule has 0 radical (unpaired) electrons. The largest absolute Gasteiger partial charge is 0.350 e. The molecule has 1 amide bonds. The first-order valence-electron chi connectivity index (χ1n) is 5.07. The minimum Gasteiger partial charge on any atom is -0.350 e. The summed E-state index contributed by atoms with van der Waals surface area (Å²) in [5, 5.41) is 3.17. The van der Waals surface area contributed by atoms with Gasteiger partial charge in [-0.2, -0.15) is 0 Å². The van der Waals surface area contributed by atoms with E-state index in [9.17, 15) is 4.79 Å². The van der Waals surface area contributed by atoms with Crippen molar-refractivity contribution in [3.63, 3.8) is 0 Å². The smallest absolute Gasteiger partial charge is 0.226 e. The monoisotopic (exact) mass is 180 g/mol. The molecule has 0 heterocycles. The average molecular weight is 180 g/mol. The fourth-order valence-corrected chi connectivity index (χ4v) is 2.81. The van der Waals surface area contributed by atoms with Crippen LogP contribution in [0, 0.1) is 5.41 Å². The molecule has 4 rings (SSSR count). The molecule has 0 spiro atoms.